The Morgan fingerprint density at radius 1 is 1.50 bits per heavy atom. The summed E-state index contributed by atoms with van der Waals surface area (Å²) in [7, 11) is -3.27. The van der Waals surface area contributed by atoms with E-state index >= 15 is 0 Å². The number of hydrogen-bond acceptors (Lipinski definition) is 5. The Bertz CT molecular complexity index is 660. The van der Waals surface area contributed by atoms with Gasteiger partial charge in [0.15, 0.2) is 0 Å². The summed E-state index contributed by atoms with van der Waals surface area (Å²) in [6.07, 6.45) is 3.22. The molecule has 1 atom stereocenters. The van der Waals surface area contributed by atoms with Crippen molar-refractivity contribution < 1.29 is 13.2 Å². The molecule has 0 spiro atoms. The lowest BCUT2D eigenvalue weighted by Gasteiger charge is -2.25. The predicted molar refractivity (Wildman–Crippen MR) is 82.4 cm³/mol. The lowest BCUT2D eigenvalue weighted by molar-refractivity contribution is -0.119. The summed E-state index contributed by atoms with van der Waals surface area (Å²) >= 11 is 0. The molecule has 1 fully saturated rings. The Hall–Kier alpha value is -1.54. The van der Waals surface area contributed by atoms with E-state index in [0.717, 1.165) is 18.4 Å². The van der Waals surface area contributed by atoms with E-state index < -0.39 is 10.0 Å². The van der Waals surface area contributed by atoms with E-state index in [-0.39, 0.29) is 17.7 Å². The van der Waals surface area contributed by atoms with Crippen molar-refractivity contribution in [3.05, 3.63) is 23.3 Å². The molecule has 1 amide bonds. The predicted octanol–water partition coefficient (Wildman–Crippen LogP) is 0.908. The Labute approximate surface area is 131 Å². The number of amides is 1. The van der Waals surface area contributed by atoms with Gasteiger partial charge in [0.1, 0.15) is 5.82 Å². The summed E-state index contributed by atoms with van der Waals surface area (Å²) in [5, 5.41) is 2.73. The molecule has 0 saturated carbocycles. The average Bonchev–Trinajstić information content (AvgIpc) is 2.95. The number of nitrogens with zero attached hydrogens (tertiary/aromatic N) is 3. The van der Waals surface area contributed by atoms with Gasteiger partial charge in [0, 0.05) is 31.8 Å². The second-order valence-corrected chi connectivity index (χ2v) is 7.62. The molecule has 1 aromatic rings. The molecule has 2 rings (SSSR count). The van der Waals surface area contributed by atoms with Crippen LogP contribution < -0.4 is 5.32 Å². The van der Waals surface area contributed by atoms with Crippen LogP contribution in [0.15, 0.2) is 6.20 Å². The number of rotatable bonds is 5. The number of sulfonamides is 1. The lowest BCUT2D eigenvalue weighted by Crippen LogP contribution is -2.33. The zero-order chi connectivity index (χ0) is 16.3. The number of aromatic nitrogens is 2. The van der Waals surface area contributed by atoms with Crippen LogP contribution in [0.4, 0.5) is 0 Å². The van der Waals surface area contributed by atoms with E-state index in [2.05, 4.69) is 15.3 Å². The lowest BCUT2D eigenvalue weighted by atomic mass is 10.1. The van der Waals surface area contributed by atoms with Crippen molar-refractivity contribution in [1.82, 2.24) is 19.6 Å². The molecule has 0 aliphatic carbocycles. The van der Waals surface area contributed by atoms with Crippen molar-refractivity contribution in [2.75, 3.05) is 12.3 Å². The summed E-state index contributed by atoms with van der Waals surface area (Å²) in [6.45, 7) is 5.69. The molecule has 1 aliphatic rings. The molecule has 2 heterocycles. The zero-order valence-electron chi connectivity index (χ0n) is 13.2. The molecule has 1 aromatic heterocycles. The quantitative estimate of drug-likeness (QED) is 0.868. The van der Waals surface area contributed by atoms with Crippen molar-refractivity contribution in [3.63, 3.8) is 0 Å². The monoisotopic (exact) mass is 326 g/mol. The number of hydrogen-bond donors (Lipinski definition) is 1. The van der Waals surface area contributed by atoms with Gasteiger partial charge in [-0.3, -0.25) is 4.79 Å². The largest absolute Gasteiger partial charge is 0.352 e. The number of carbonyl (C=O) groups excluding carboxylic acids is 1. The fraction of sp³-hybridized carbons (Fsp3) is 0.643. The molecular weight excluding hydrogens is 304 g/mol. The van der Waals surface area contributed by atoms with Gasteiger partial charge >= 0.3 is 0 Å². The molecule has 22 heavy (non-hydrogen) atoms. The summed E-state index contributed by atoms with van der Waals surface area (Å²) in [4.78, 5) is 19.8. The Kier molecular flexibility index (Phi) is 5.12. The van der Waals surface area contributed by atoms with Crippen LogP contribution in [0.2, 0.25) is 0 Å². The molecule has 1 aliphatic heterocycles. The van der Waals surface area contributed by atoms with Gasteiger partial charge in [0.25, 0.3) is 0 Å². The van der Waals surface area contributed by atoms with E-state index in [0.29, 0.717) is 24.6 Å². The molecule has 1 N–H and O–H groups in total. The molecule has 0 radical (unpaired) electrons. The molecule has 0 unspecified atom stereocenters. The van der Waals surface area contributed by atoms with Gasteiger partial charge in [-0.15, -0.1) is 0 Å². The molecule has 0 bridgehead atoms. The van der Waals surface area contributed by atoms with Gasteiger partial charge in [-0.1, -0.05) is 0 Å². The third-order valence-electron chi connectivity index (χ3n) is 3.79. The van der Waals surface area contributed by atoms with E-state index in [9.17, 15) is 13.2 Å². The molecular formula is C14H22N4O3S. The maximum Gasteiger partial charge on any atom is 0.217 e. The second-order valence-electron chi connectivity index (χ2n) is 5.41. The van der Waals surface area contributed by atoms with Crippen LogP contribution in [0, 0.1) is 6.92 Å². The first kappa shape index (κ1) is 16.8. The molecule has 122 valence electrons. The number of aryl methyl sites for hydroxylation is 1. The van der Waals surface area contributed by atoms with Crippen molar-refractivity contribution in [2.24, 2.45) is 0 Å². The highest BCUT2D eigenvalue weighted by Gasteiger charge is 2.36. The van der Waals surface area contributed by atoms with Crippen LogP contribution in [0.3, 0.4) is 0 Å². The van der Waals surface area contributed by atoms with Gasteiger partial charge in [-0.25, -0.2) is 18.4 Å². The van der Waals surface area contributed by atoms with Crippen LogP contribution in [0.25, 0.3) is 0 Å². The van der Waals surface area contributed by atoms with Crippen LogP contribution in [0.1, 0.15) is 49.8 Å². The number of carbonyl (C=O) groups is 1. The molecule has 8 heteroatoms. The van der Waals surface area contributed by atoms with Crippen molar-refractivity contribution in [3.8, 4) is 0 Å². The number of nitrogens with one attached hydrogen (secondary N) is 1. The first-order chi connectivity index (χ1) is 10.3. The van der Waals surface area contributed by atoms with E-state index in [1.165, 1.54) is 11.2 Å². The highest BCUT2D eigenvalue weighted by atomic mass is 32.2. The fourth-order valence-corrected chi connectivity index (χ4v) is 4.00. The van der Waals surface area contributed by atoms with Gasteiger partial charge in [0.2, 0.25) is 15.9 Å². The normalized spacial score (nSPS) is 19.3. The van der Waals surface area contributed by atoms with Crippen LogP contribution in [0.5, 0.6) is 0 Å². The van der Waals surface area contributed by atoms with E-state index in [1.54, 1.807) is 20.0 Å². The SMILES string of the molecule is CCS(=O)(=O)N1CCC[C@H]1c1nc(C)ncc1CNC(C)=O. The first-order valence-electron chi connectivity index (χ1n) is 7.41. The van der Waals surface area contributed by atoms with Gasteiger partial charge < -0.3 is 5.32 Å². The summed E-state index contributed by atoms with van der Waals surface area (Å²) in [5.74, 6) is 0.535. The minimum atomic E-state index is -3.27. The highest BCUT2D eigenvalue weighted by Crippen LogP contribution is 2.34. The standard InChI is InChI=1S/C14H22N4O3S/c1-4-22(20,21)18-7-5-6-13(18)14-12(9-16-11(3)19)8-15-10(2)17-14/h8,13H,4-7,9H2,1-3H3,(H,16,19)/t13-/m0/s1. The Morgan fingerprint density at radius 3 is 2.86 bits per heavy atom. The van der Waals surface area contributed by atoms with Crippen LogP contribution in [-0.4, -0.2) is 40.9 Å². The zero-order valence-corrected chi connectivity index (χ0v) is 14.0. The maximum absolute atomic E-state index is 12.3. The molecule has 7 nitrogen and oxygen atoms in total. The smallest absolute Gasteiger partial charge is 0.217 e. The summed E-state index contributed by atoms with van der Waals surface area (Å²) in [6, 6.07) is -0.268. The minimum absolute atomic E-state index is 0.0780. The average molecular weight is 326 g/mol. The Balaban J connectivity index is 2.37. The van der Waals surface area contributed by atoms with Crippen LogP contribution >= 0.6 is 0 Å². The summed E-state index contributed by atoms with van der Waals surface area (Å²) < 4.78 is 26.1. The minimum Gasteiger partial charge on any atom is -0.352 e. The molecule has 1 saturated heterocycles. The fourth-order valence-electron chi connectivity index (χ4n) is 2.67. The Morgan fingerprint density at radius 2 is 2.23 bits per heavy atom. The summed E-state index contributed by atoms with van der Waals surface area (Å²) in [5.41, 5.74) is 1.47. The first-order valence-corrected chi connectivity index (χ1v) is 9.02. The molecule has 0 aromatic carbocycles. The van der Waals surface area contributed by atoms with Crippen molar-refractivity contribution >= 4 is 15.9 Å². The van der Waals surface area contributed by atoms with Crippen molar-refractivity contribution in [1.29, 1.82) is 0 Å². The van der Waals surface area contributed by atoms with Gasteiger partial charge in [-0.2, -0.15) is 4.31 Å². The van der Waals surface area contributed by atoms with Crippen LogP contribution in [-0.2, 0) is 21.4 Å². The third kappa shape index (κ3) is 3.61. The van der Waals surface area contributed by atoms with Gasteiger partial charge in [-0.05, 0) is 26.7 Å². The second kappa shape index (κ2) is 6.70. The maximum atomic E-state index is 12.3. The topological polar surface area (TPSA) is 92.3 Å². The van der Waals surface area contributed by atoms with Crippen molar-refractivity contribution in [2.45, 2.75) is 46.2 Å². The van der Waals surface area contributed by atoms with E-state index in [1.807, 2.05) is 0 Å². The highest BCUT2D eigenvalue weighted by molar-refractivity contribution is 7.89. The van der Waals surface area contributed by atoms with E-state index in [4.69, 9.17) is 0 Å². The third-order valence-corrected chi connectivity index (χ3v) is 5.67. The van der Waals surface area contributed by atoms with Gasteiger partial charge in [0.05, 0.1) is 17.5 Å².